The Kier molecular flexibility index (Phi) is 3.17. The fourth-order valence-corrected chi connectivity index (χ4v) is 2.14. The molecule has 21 heavy (non-hydrogen) atoms. The van der Waals surface area contributed by atoms with Gasteiger partial charge >= 0.3 is 0 Å². The van der Waals surface area contributed by atoms with E-state index in [1.165, 1.54) is 0 Å². The molecule has 0 saturated heterocycles. The van der Waals surface area contributed by atoms with E-state index in [0.29, 0.717) is 22.9 Å². The van der Waals surface area contributed by atoms with E-state index in [0.717, 1.165) is 5.69 Å². The second-order valence-corrected chi connectivity index (χ2v) is 5.08. The first-order valence-electron chi connectivity index (χ1n) is 6.61. The summed E-state index contributed by atoms with van der Waals surface area (Å²) in [7, 11) is 0. The number of hydrogen-bond donors (Lipinski definition) is 3. The second kappa shape index (κ2) is 5.01. The highest BCUT2D eigenvalue weighted by Crippen LogP contribution is 2.34. The van der Waals surface area contributed by atoms with Crippen LogP contribution in [0.2, 0.25) is 0 Å². The number of nitrogens with zero attached hydrogens (tertiary/aromatic N) is 1. The molecule has 3 rings (SSSR count). The molecule has 0 bridgehead atoms. The Labute approximate surface area is 121 Å². The lowest BCUT2D eigenvalue weighted by atomic mass is 10.1. The van der Waals surface area contributed by atoms with Gasteiger partial charge in [-0.25, -0.2) is 0 Å². The lowest BCUT2D eigenvalue weighted by molar-refractivity contribution is 0.102. The monoisotopic (exact) mass is 288 g/mol. The molecule has 0 fully saturated rings. The second-order valence-electron chi connectivity index (χ2n) is 5.08. The Morgan fingerprint density at radius 3 is 2.86 bits per heavy atom. The highest BCUT2D eigenvalue weighted by atomic mass is 16.7. The van der Waals surface area contributed by atoms with E-state index in [1.54, 1.807) is 18.2 Å². The SMILES string of the molecule is CC(C)c1[nH]nc(C(=O)Nc2ccc3c(c2)OCO3)c1N. The number of nitrogens with one attached hydrogen (secondary N) is 2. The number of anilines is 2. The van der Waals surface area contributed by atoms with Crippen LogP contribution in [0.4, 0.5) is 11.4 Å². The van der Waals surface area contributed by atoms with Crippen LogP contribution >= 0.6 is 0 Å². The highest BCUT2D eigenvalue weighted by Gasteiger charge is 2.20. The fourth-order valence-electron chi connectivity index (χ4n) is 2.14. The molecule has 0 radical (unpaired) electrons. The minimum absolute atomic E-state index is 0.171. The van der Waals surface area contributed by atoms with E-state index in [2.05, 4.69) is 15.5 Å². The van der Waals surface area contributed by atoms with Gasteiger partial charge in [0.15, 0.2) is 17.2 Å². The number of fused-ring (bicyclic) bond motifs is 1. The zero-order valence-electron chi connectivity index (χ0n) is 11.8. The summed E-state index contributed by atoms with van der Waals surface area (Å²) in [6.07, 6.45) is 0. The van der Waals surface area contributed by atoms with Gasteiger partial charge in [0.1, 0.15) is 0 Å². The summed E-state index contributed by atoms with van der Waals surface area (Å²) in [5.74, 6) is 1.07. The molecule has 1 aliphatic rings. The van der Waals surface area contributed by atoms with E-state index in [-0.39, 0.29) is 24.3 Å². The van der Waals surface area contributed by atoms with E-state index >= 15 is 0 Å². The van der Waals surface area contributed by atoms with E-state index in [9.17, 15) is 4.79 Å². The summed E-state index contributed by atoms with van der Waals surface area (Å²) in [5.41, 5.74) is 7.87. The molecule has 4 N–H and O–H groups in total. The van der Waals surface area contributed by atoms with Gasteiger partial charge in [-0.1, -0.05) is 13.8 Å². The number of carbonyl (C=O) groups excluding carboxylic acids is 1. The first-order chi connectivity index (χ1) is 10.1. The molecule has 1 aromatic heterocycles. The van der Waals surface area contributed by atoms with Crippen molar-refractivity contribution in [1.82, 2.24) is 10.2 Å². The zero-order valence-corrected chi connectivity index (χ0v) is 11.8. The van der Waals surface area contributed by atoms with Gasteiger partial charge in [0, 0.05) is 11.8 Å². The molecule has 1 amide bonds. The van der Waals surface area contributed by atoms with Gasteiger partial charge < -0.3 is 20.5 Å². The number of ether oxygens (including phenoxy) is 2. The molecule has 0 atom stereocenters. The Morgan fingerprint density at radius 2 is 2.14 bits per heavy atom. The van der Waals surface area contributed by atoms with Crippen molar-refractivity contribution in [1.29, 1.82) is 0 Å². The minimum atomic E-state index is -0.366. The Balaban J connectivity index is 1.80. The Hall–Kier alpha value is -2.70. The van der Waals surface area contributed by atoms with Gasteiger partial charge in [0.2, 0.25) is 6.79 Å². The summed E-state index contributed by atoms with van der Waals surface area (Å²) in [6.45, 7) is 4.14. The molecule has 7 nitrogen and oxygen atoms in total. The van der Waals surface area contributed by atoms with Crippen molar-refractivity contribution in [3.8, 4) is 11.5 Å². The van der Waals surface area contributed by atoms with E-state index in [4.69, 9.17) is 15.2 Å². The molecular weight excluding hydrogens is 272 g/mol. The molecule has 0 spiro atoms. The summed E-state index contributed by atoms with van der Waals surface area (Å²) in [6, 6.07) is 5.18. The van der Waals surface area contributed by atoms with Gasteiger partial charge in [-0.2, -0.15) is 5.10 Å². The first kappa shape index (κ1) is 13.3. The van der Waals surface area contributed by atoms with Crippen LogP contribution in [0.25, 0.3) is 0 Å². The number of rotatable bonds is 3. The summed E-state index contributed by atoms with van der Waals surface area (Å²) < 4.78 is 10.5. The van der Waals surface area contributed by atoms with Crippen LogP contribution in [0.1, 0.15) is 35.9 Å². The lowest BCUT2D eigenvalue weighted by Crippen LogP contribution is -2.14. The smallest absolute Gasteiger partial charge is 0.278 e. The number of aromatic nitrogens is 2. The highest BCUT2D eigenvalue weighted by molar-refractivity contribution is 6.06. The van der Waals surface area contributed by atoms with Gasteiger partial charge in [-0.3, -0.25) is 9.89 Å². The fraction of sp³-hybridized carbons (Fsp3) is 0.286. The van der Waals surface area contributed by atoms with E-state index in [1.807, 2.05) is 13.8 Å². The predicted octanol–water partition coefficient (Wildman–Crippen LogP) is 2.10. The molecule has 2 aromatic rings. The number of H-pyrrole nitrogens is 1. The number of aromatic amines is 1. The molecule has 1 aromatic carbocycles. The molecule has 1 aliphatic heterocycles. The van der Waals surface area contributed by atoms with Crippen LogP contribution in [0.15, 0.2) is 18.2 Å². The molecule has 0 saturated carbocycles. The van der Waals surface area contributed by atoms with Crippen molar-refractivity contribution in [2.75, 3.05) is 17.8 Å². The Bertz CT molecular complexity index is 694. The summed E-state index contributed by atoms with van der Waals surface area (Å²) in [5, 5.41) is 9.53. The number of carbonyl (C=O) groups is 1. The van der Waals surface area contributed by atoms with E-state index < -0.39 is 0 Å². The average molecular weight is 288 g/mol. The maximum Gasteiger partial charge on any atom is 0.278 e. The van der Waals surface area contributed by atoms with Crippen molar-refractivity contribution in [3.05, 3.63) is 29.6 Å². The standard InChI is InChI=1S/C14H16N4O3/c1-7(2)12-11(15)13(18-17-12)14(19)16-8-3-4-9-10(5-8)21-6-20-9/h3-5,7H,6,15H2,1-2H3,(H,16,19)(H,17,18). The number of hydrogen-bond acceptors (Lipinski definition) is 5. The van der Waals surface area contributed by atoms with Crippen LogP contribution in [0, 0.1) is 0 Å². The van der Waals surface area contributed by atoms with Crippen molar-refractivity contribution in [3.63, 3.8) is 0 Å². The zero-order chi connectivity index (χ0) is 15.0. The maximum absolute atomic E-state index is 12.2. The van der Waals surface area contributed by atoms with Crippen LogP contribution < -0.4 is 20.5 Å². The van der Waals surface area contributed by atoms with Crippen LogP contribution in [-0.2, 0) is 0 Å². The van der Waals surface area contributed by atoms with Gasteiger partial charge in [-0.05, 0) is 18.1 Å². The average Bonchev–Trinajstić information content (AvgIpc) is 3.04. The molecular formula is C14H16N4O3. The van der Waals surface area contributed by atoms with Crippen LogP contribution in [0.3, 0.4) is 0 Å². The number of benzene rings is 1. The molecule has 2 heterocycles. The quantitative estimate of drug-likeness (QED) is 0.802. The minimum Gasteiger partial charge on any atom is -0.454 e. The number of nitrogen functional groups attached to an aromatic ring is 1. The molecule has 0 unspecified atom stereocenters. The molecule has 7 heteroatoms. The number of nitrogens with two attached hydrogens (primary N) is 1. The third-order valence-corrected chi connectivity index (χ3v) is 3.26. The van der Waals surface area contributed by atoms with Gasteiger partial charge in [-0.15, -0.1) is 0 Å². The van der Waals surface area contributed by atoms with Gasteiger partial charge in [0.25, 0.3) is 5.91 Å². The maximum atomic E-state index is 12.2. The third-order valence-electron chi connectivity index (χ3n) is 3.26. The third kappa shape index (κ3) is 2.37. The van der Waals surface area contributed by atoms with Crippen molar-refractivity contribution in [2.24, 2.45) is 0 Å². The number of amides is 1. The Morgan fingerprint density at radius 1 is 1.38 bits per heavy atom. The van der Waals surface area contributed by atoms with Crippen molar-refractivity contribution in [2.45, 2.75) is 19.8 Å². The van der Waals surface area contributed by atoms with Gasteiger partial charge in [0.05, 0.1) is 11.4 Å². The summed E-state index contributed by atoms with van der Waals surface area (Å²) in [4.78, 5) is 12.2. The summed E-state index contributed by atoms with van der Waals surface area (Å²) >= 11 is 0. The topological polar surface area (TPSA) is 102 Å². The van der Waals surface area contributed by atoms with Crippen LogP contribution in [0.5, 0.6) is 11.5 Å². The van der Waals surface area contributed by atoms with Crippen molar-refractivity contribution < 1.29 is 14.3 Å². The van der Waals surface area contributed by atoms with Crippen molar-refractivity contribution >= 4 is 17.3 Å². The first-order valence-corrected chi connectivity index (χ1v) is 6.61. The predicted molar refractivity (Wildman–Crippen MR) is 77.6 cm³/mol. The molecule has 0 aliphatic carbocycles. The van der Waals surface area contributed by atoms with Crippen LogP contribution in [-0.4, -0.2) is 22.9 Å². The lowest BCUT2D eigenvalue weighted by Gasteiger charge is -2.06. The normalized spacial score (nSPS) is 12.7. The molecule has 110 valence electrons. The largest absolute Gasteiger partial charge is 0.454 e.